The second-order valence-electron chi connectivity index (χ2n) is 6.04. The minimum absolute atomic E-state index is 0.0911. The number of amides is 1. The fourth-order valence-electron chi connectivity index (χ4n) is 2.66. The van der Waals surface area contributed by atoms with Gasteiger partial charge < -0.3 is 14.7 Å². The molecule has 1 aromatic carbocycles. The van der Waals surface area contributed by atoms with Gasteiger partial charge in [-0.2, -0.15) is 0 Å². The van der Waals surface area contributed by atoms with Gasteiger partial charge >= 0.3 is 0 Å². The monoisotopic (exact) mass is 378 g/mol. The predicted molar refractivity (Wildman–Crippen MR) is 85.8 cm³/mol. The molecule has 0 saturated carbocycles. The Balaban J connectivity index is 2.25. The van der Waals surface area contributed by atoms with E-state index in [-0.39, 0.29) is 24.6 Å². The van der Waals surface area contributed by atoms with Gasteiger partial charge in [-0.25, -0.2) is 21.5 Å². The summed E-state index contributed by atoms with van der Waals surface area (Å²) in [6.45, 7) is -0.266. The quantitative estimate of drug-likeness (QED) is 0.796. The van der Waals surface area contributed by atoms with Crippen LogP contribution >= 0.6 is 0 Å². The normalized spacial score (nSPS) is 21.0. The molecule has 1 aromatic rings. The van der Waals surface area contributed by atoms with Crippen molar-refractivity contribution in [3.63, 3.8) is 0 Å². The highest BCUT2D eigenvalue weighted by Crippen LogP contribution is 2.28. The lowest BCUT2D eigenvalue weighted by Crippen LogP contribution is -2.34. The van der Waals surface area contributed by atoms with Gasteiger partial charge in [-0.3, -0.25) is 4.79 Å². The van der Waals surface area contributed by atoms with Crippen LogP contribution in [0.3, 0.4) is 0 Å². The second kappa shape index (κ2) is 7.22. The van der Waals surface area contributed by atoms with E-state index in [1.54, 1.807) is 0 Å². The summed E-state index contributed by atoms with van der Waals surface area (Å²) in [6.07, 6.45) is -1.08. The summed E-state index contributed by atoms with van der Waals surface area (Å²) < 4.78 is 57.4. The number of methoxy groups -OCH3 is 1. The molecule has 140 valence electrons. The van der Waals surface area contributed by atoms with E-state index < -0.39 is 45.2 Å². The maximum Gasteiger partial charge on any atom is 0.260 e. The first-order valence-corrected chi connectivity index (χ1v) is 9.09. The Morgan fingerprint density at radius 1 is 1.36 bits per heavy atom. The van der Waals surface area contributed by atoms with Crippen molar-refractivity contribution in [3.8, 4) is 5.75 Å². The summed E-state index contributed by atoms with van der Waals surface area (Å²) in [5.41, 5.74) is -0.578. The van der Waals surface area contributed by atoms with Crippen LogP contribution in [0.4, 0.5) is 8.78 Å². The molecule has 1 saturated heterocycles. The molecule has 0 aliphatic carbocycles. The average Bonchev–Trinajstić information content (AvgIpc) is 2.89. The van der Waals surface area contributed by atoms with Crippen molar-refractivity contribution in [1.82, 2.24) is 9.21 Å². The van der Waals surface area contributed by atoms with E-state index in [2.05, 4.69) is 0 Å². The molecule has 0 radical (unpaired) electrons. The Labute approximate surface area is 144 Å². The van der Waals surface area contributed by atoms with E-state index in [1.807, 2.05) is 0 Å². The highest BCUT2D eigenvalue weighted by molar-refractivity contribution is 7.89. The molecule has 2 atom stereocenters. The maximum atomic E-state index is 14.1. The van der Waals surface area contributed by atoms with E-state index in [0.29, 0.717) is 0 Å². The van der Waals surface area contributed by atoms with Crippen LogP contribution in [0, 0.1) is 17.6 Å². The highest BCUT2D eigenvalue weighted by Gasteiger charge is 2.39. The smallest absolute Gasteiger partial charge is 0.260 e. The van der Waals surface area contributed by atoms with Gasteiger partial charge in [-0.15, -0.1) is 0 Å². The predicted octanol–water partition coefficient (Wildman–Crippen LogP) is 0.298. The van der Waals surface area contributed by atoms with Crippen molar-refractivity contribution in [2.24, 2.45) is 5.92 Å². The zero-order chi connectivity index (χ0) is 18.9. The van der Waals surface area contributed by atoms with Gasteiger partial charge in [-0.1, -0.05) is 0 Å². The fourth-order valence-corrected chi connectivity index (χ4v) is 3.83. The maximum absolute atomic E-state index is 14.1. The van der Waals surface area contributed by atoms with Crippen LogP contribution in [0.1, 0.15) is 10.4 Å². The molecule has 0 bridgehead atoms. The number of ether oxygens (including phenoxy) is 1. The summed E-state index contributed by atoms with van der Waals surface area (Å²) in [5.74, 6) is -4.62. The van der Waals surface area contributed by atoms with E-state index in [9.17, 15) is 27.1 Å². The minimum Gasteiger partial charge on any atom is -0.496 e. The number of halogens is 2. The first kappa shape index (κ1) is 19.5. The highest BCUT2D eigenvalue weighted by atomic mass is 32.2. The number of benzene rings is 1. The molecule has 0 spiro atoms. The number of nitrogens with zero attached hydrogens (tertiary/aromatic N) is 2. The average molecular weight is 378 g/mol. The standard InChI is InChI=1S/C15H20F2N2O5S/c1-18(2)25(22,23)8-9-6-19(7-11(9)20)15(21)13-12(24-3)5-4-10(16)14(13)17/h4-5,9,11,20H,6-8H2,1-3H3/t9-,11+/m0/s1. The third-order valence-corrected chi connectivity index (χ3v) is 6.13. The van der Waals surface area contributed by atoms with Crippen molar-refractivity contribution in [2.45, 2.75) is 6.10 Å². The topological polar surface area (TPSA) is 87.2 Å². The van der Waals surface area contributed by atoms with E-state index in [0.717, 1.165) is 21.3 Å². The lowest BCUT2D eigenvalue weighted by Gasteiger charge is -2.19. The molecule has 1 heterocycles. The van der Waals surface area contributed by atoms with Gasteiger partial charge in [-0.05, 0) is 12.1 Å². The number of carbonyl (C=O) groups excluding carboxylic acids is 1. The molecular formula is C15H20F2N2O5S. The largest absolute Gasteiger partial charge is 0.496 e. The Kier molecular flexibility index (Phi) is 5.65. The summed E-state index contributed by atoms with van der Waals surface area (Å²) in [5, 5.41) is 10.1. The molecule has 25 heavy (non-hydrogen) atoms. The van der Waals surface area contributed by atoms with E-state index >= 15 is 0 Å². The van der Waals surface area contributed by atoms with Crippen LogP contribution in [0.5, 0.6) is 5.75 Å². The molecule has 7 nitrogen and oxygen atoms in total. The molecule has 1 fully saturated rings. The fraction of sp³-hybridized carbons (Fsp3) is 0.533. The molecule has 1 amide bonds. The molecule has 1 N–H and O–H groups in total. The Morgan fingerprint density at radius 3 is 2.56 bits per heavy atom. The number of carbonyl (C=O) groups is 1. The van der Waals surface area contributed by atoms with Crippen molar-refractivity contribution in [1.29, 1.82) is 0 Å². The number of likely N-dealkylation sites (tertiary alicyclic amines) is 1. The molecule has 0 unspecified atom stereocenters. The summed E-state index contributed by atoms with van der Waals surface area (Å²) in [6, 6.07) is 1.97. The number of aliphatic hydroxyl groups excluding tert-OH is 1. The lowest BCUT2D eigenvalue weighted by atomic mass is 10.1. The molecule has 2 rings (SSSR count). The van der Waals surface area contributed by atoms with Crippen LogP contribution in [0.2, 0.25) is 0 Å². The van der Waals surface area contributed by atoms with Crippen LogP contribution < -0.4 is 4.74 Å². The Bertz CT molecular complexity index is 769. The van der Waals surface area contributed by atoms with Gasteiger partial charge in [0.2, 0.25) is 10.0 Å². The van der Waals surface area contributed by atoms with Gasteiger partial charge in [0.05, 0.1) is 19.0 Å². The van der Waals surface area contributed by atoms with E-state index in [4.69, 9.17) is 4.74 Å². The van der Waals surface area contributed by atoms with Gasteiger partial charge in [0, 0.05) is 33.1 Å². The minimum atomic E-state index is -3.58. The third-order valence-electron chi connectivity index (χ3n) is 4.17. The van der Waals surface area contributed by atoms with Crippen molar-refractivity contribution < 1.29 is 31.8 Å². The van der Waals surface area contributed by atoms with Crippen molar-refractivity contribution >= 4 is 15.9 Å². The van der Waals surface area contributed by atoms with Gasteiger partial charge in [0.25, 0.3) is 5.91 Å². The number of hydrogen-bond donors (Lipinski definition) is 1. The summed E-state index contributed by atoms with van der Waals surface area (Å²) >= 11 is 0. The van der Waals surface area contributed by atoms with Crippen molar-refractivity contribution in [2.75, 3.05) is 40.0 Å². The Hall–Kier alpha value is -1.78. The van der Waals surface area contributed by atoms with Crippen LogP contribution in [-0.4, -0.2) is 74.8 Å². The van der Waals surface area contributed by atoms with Crippen LogP contribution in [0.15, 0.2) is 12.1 Å². The molecule has 1 aliphatic heterocycles. The molecule has 1 aliphatic rings. The van der Waals surface area contributed by atoms with Gasteiger partial charge in [0.1, 0.15) is 11.3 Å². The van der Waals surface area contributed by atoms with Crippen LogP contribution in [0.25, 0.3) is 0 Å². The summed E-state index contributed by atoms with van der Waals surface area (Å²) in [4.78, 5) is 13.7. The van der Waals surface area contributed by atoms with Crippen LogP contribution in [-0.2, 0) is 10.0 Å². The third kappa shape index (κ3) is 3.91. The number of hydrogen-bond acceptors (Lipinski definition) is 5. The number of aliphatic hydroxyl groups is 1. The van der Waals surface area contributed by atoms with Gasteiger partial charge in [0.15, 0.2) is 11.6 Å². The molecular weight excluding hydrogens is 358 g/mol. The molecule has 0 aromatic heterocycles. The zero-order valence-electron chi connectivity index (χ0n) is 14.1. The number of β-amino-alcohol motifs (C(OH)–C–C–N with tert-alkyl or cyclic N) is 1. The van der Waals surface area contributed by atoms with Crippen molar-refractivity contribution in [3.05, 3.63) is 29.3 Å². The second-order valence-corrected chi connectivity index (χ2v) is 8.26. The molecule has 10 heteroatoms. The zero-order valence-corrected chi connectivity index (χ0v) is 14.9. The SMILES string of the molecule is COc1ccc(F)c(F)c1C(=O)N1C[C@@H](CS(=O)(=O)N(C)C)[C@H](O)C1. The summed E-state index contributed by atoms with van der Waals surface area (Å²) in [7, 11) is 0.373. The number of sulfonamides is 1. The first-order valence-electron chi connectivity index (χ1n) is 7.48. The number of rotatable bonds is 5. The van der Waals surface area contributed by atoms with E-state index in [1.165, 1.54) is 21.2 Å². The lowest BCUT2D eigenvalue weighted by molar-refractivity contribution is 0.0755. The Morgan fingerprint density at radius 2 is 2.00 bits per heavy atom. The first-order chi connectivity index (χ1) is 11.6.